The van der Waals surface area contributed by atoms with Crippen LogP contribution in [0.5, 0.6) is 23.0 Å². The molecule has 4 aromatic rings. The van der Waals surface area contributed by atoms with E-state index in [1.165, 1.54) is 22.3 Å². The Hall–Kier alpha value is -2.52. The minimum absolute atomic E-state index is 0.114. The van der Waals surface area contributed by atoms with Crippen molar-refractivity contribution in [3.8, 4) is 23.0 Å². The van der Waals surface area contributed by atoms with Crippen molar-refractivity contribution in [1.29, 1.82) is 0 Å². The first-order valence-electron chi connectivity index (χ1n) is 21.7. The number of fused-ring (bicyclic) bond motifs is 8. The van der Waals surface area contributed by atoms with Gasteiger partial charge in [-0.1, -0.05) is 132 Å². The van der Waals surface area contributed by atoms with Crippen LogP contribution >= 0.6 is 50.5 Å². The standard InChI is InChI=1S/C52H72O4S4/c1-49(2,3)41-25-33-21-35-27-42(50(4,5)6)29-37(46(35)54-14-18-58)23-39-31-44(52(10,11)12)32-40(48(39)56-16-20-60)24-38-30-43(51(7,8)9)28-36(47(38)55-15-19-59)22-34(26-41)45(33)53-13-17-57/h25-32,57-60H,13-24H2,1-12H3. The molecule has 0 aromatic heterocycles. The van der Waals surface area contributed by atoms with Crippen LogP contribution in [-0.2, 0) is 47.3 Å². The van der Waals surface area contributed by atoms with Gasteiger partial charge in [-0.25, -0.2) is 0 Å². The first-order valence-corrected chi connectivity index (χ1v) is 24.2. The molecule has 8 heteroatoms. The monoisotopic (exact) mass is 888 g/mol. The summed E-state index contributed by atoms with van der Waals surface area (Å²) in [5.74, 6) is 6.07. The molecule has 4 nitrogen and oxygen atoms in total. The number of ether oxygens (including phenoxy) is 4. The fourth-order valence-electron chi connectivity index (χ4n) is 7.95. The lowest BCUT2D eigenvalue weighted by Gasteiger charge is -2.29. The number of thiol groups is 4. The Labute approximate surface area is 385 Å². The second-order valence-electron chi connectivity index (χ2n) is 20.5. The van der Waals surface area contributed by atoms with Crippen molar-refractivity contribution >= 4 is 50.5 Å². The lowest BCUT2D eigenvalue weighted by atomic mass is 9.79. The highest BCUT2D eigenvalue weighted by molar-refractivity contribution is 7.80. The molecule has 0 fully saturated rings. The van der Waals surface area contributed by atoms with Gasteiger partial charge >= 0.3 is 0 Å². The Balaban J connectivity index is 2.02. The molecule has 0 unspecified atom stereocenters. The van der Waals surface area contributed by atoms with Gasteiger partial charge in [0.1, 0.15) is 23.0 Å². The van der Waals surface area contributed by atoms with Crippen LogP contribution in [0.25, 0.3) is 0 Å². The maximum absolute atomic E-state index is 6.84. The van der Waals surface area contributed by atoms with E-state index in [-0.39, 0.29) is 21.7 Å². The van der Waals surface area contributed by atoms with Crippen LogP contribution in [0.4, 0.5) is 0 Å². The Morgan fingerprint density at radius 1 is 0.317 bits per heavy atom. The SMILES string of the molecule is CC(C)(C)c1cc2c(OCCS)c(c1)Cc1cc(C(C)(C)C)cc(c1OCCS)Cc1cc(C(C)(C)C)cc(c1OCCS)Cc1cc(C(C)(C)C)cc(c1OCCS)C2. The Kier molecular flexibility index (Phi) is 16.1. The molecular weight excluding hydrogens is 817 g/mol. The van der Waals surface area contributed by atoms with Gasteiger partial charge in [0.25, 0.3) is 0 Å². The molecule has 5 rings (SSSR count). The Bertz CT molecular complexity index is 1720. The quantitative estimate of drug-likeness (QED) is 0.0942. The number of benzene rings is 4. The van der Waals surface area contributed by atoms with Gasteiger partial charge in [0.15, 0.2) is 0 Å². The number of hydrogen-bond donors (Lipinski definition) is 4. The topological polar surface area (TPSA) is 36.9 Å². The summed E-state index contributed by atoms with van der Waals surface area (Å²) < 4.78 is 27.4. The molecule has 328 valence electrons. The van der Waals surface area contributed by atoms with E-state index in [0.717, 1.165) is 67.5 Å². The normalized spacial score (nSPS) is 13.6. The second-order valence-corrected chi connectivity index (χ2v) is 22.3. The molecule has 0 amide bonds. The maximum atomic E-state index is 6.84. The first kappa shape index (κ1) is 48.5. The molecule has 4 aromatic carbocycles. The van der Waals surface area contributed by atoms with Crippen molar-refractivity contribution in [2.45, 2.75) is 130 Å². The molecule has 1 aliphatic carbocycles. The number of hydrogen-bond acceptors (Lipinski definition) is 8. The summed E-state index contributed by atoms with van der Waals surface area (Å²) in [7, 11) is 0. The van der Waals surface area contributed by atoms with Gasteiger partial charge in [0, 0.05) is 48.7 Å². The van der Waals surface area contributed by atoms with Gasteiger partial charge in [-0.2, -0.15) is 50.5 Å². The second kappa shape index (κ2) is 19.9. The molecule has 60 heavy (non-hydrogen) atoms. The molecular formula is C52H72O4S4. The molecule has 0 aliphatic heterocycles. The van der Waals surface area contributed by atoms with Crippen LogP contribution in [0.15, 0.2) is 48.5 Å². The van der Waals surface area contributed by atoms with Gasteiger partial charge in [0.2, 0.25) is 0 Å². The summed E-state index contributed by atoms with van der Waals surface area (Å²) in [6, 6.07) is 18.9. The zero-order valence-electron chi connectivity index (χ0n) is 38.5. The zero-order chi connectivity index (χ0) is 44.2. The van der Waals surface area contributed by atoms with Gasteiger partial charge in [-0.3, -0.25) is 0 Å². The van der Waals surface area contributed by atoms with Crippen LogP contribution < -0.4 is 18.9 Å². The fraction of sp³-hybridized carbons (Fsp3) is 0.538. The predicted molar refractivity (Wildman–Crippen MR) is 269 cm³/mol. The van der Waals surface area contributed by atoms with Crippen LogP contribution in [0.3, 0.4) is 0 Å². The smallest absolute Gasteiger partial charge is 0.126 e. The van der Waals surface area contributed by atoms with E-state index in [0.29, 0.717) is 75.1 Å². The van der Waals surface area contributed by atoms with E-state index in [1.807, 2.05) is 0 Å². The summed E-state index contributed by atoms with van der Waals surface area (Å²) in [6.07, 6.45) is 2.52. The molecule has 1 aliphatic rings. The molecule has 0 radical (unpaired) electrons. The minimum Gasteiger partial charge on any atom is -0.492 e. The van der Waals surface area contributed by atoms with Crippen molar-refractivity contribution in [1.82, 2.24) is 0 Å². The third kappa shape index (κ3) is 11.9. The molecule has 0 heterocycles. The largest absolute Gasteiger partial charge is 0.492 e. The van der Waals surface area contributed by atoms with E-state index in [9.17, 15) is 0 Å². The Morgan fingerprint density at radius 2 is 0.467 bits per heavy atom. The fourth-order valence-corrected chi connectivity index (χ4v) is 8.32. The van der Waals surface area contributed by atoms with Crippen molar-refractivity contribution in [3.05, 3.63) is 115 Å². The molecule has 0 N–H and O–H groups in total. The van der Waals surface area contributed by atoms with Crippen LogP contribution in [0.1, 0.15) is 150 Å². The molecule has 8 bridgehead atoms. The van der Waals surface area contributed by atoms with E-state index >= 15 is 0 Å². The van der Waals surface area contributed by atoms with E-state index in [1.54, 1.807) is 0 Å². The van der Waals surface area contributed by atoms with Crippen molar-refractivity contribution in [3.63, 3.8) is 0 Å². The lowest BCUT2D eigenvalue weighted by Crippen LogP contribution is -2.18. The van der Waals surface area contributed by atoms with Gasteiger partial charge in [0.05, 0.1) is 26.4 Å². The van der Waals surface area contributed by atoms with E-state index < -0.39 is 0 Å². The summed E-state index contributed by atoms with van der Waals surface area (Å²) in [6.45, 7) is 29.5. The first-order chi connectivity index (χ1) is 28.1. The van der Waals surface area contributed by atoms with E-state index in [4.69, 9.17) is 18.9 Å². The summed E-state index contributed by atoms with van der Waals surface area (Å²) in [4.78, 5) is 0. The van der Waals surface area contributed by atoms with Gasteiger partial charge in [-0.15, -0.1) is 0 Å². The zero-order valence-corrected chi connectivity index (χ0v) is 42.1. The molecule has 0 saturated heterocycles. The minimum atomic E-state index is -0.114. The van der Waals surface area contributed by atoms with Gasteiger partial charge in [-0.05, 0) is 88.4 Å². The molecule has 0 spiro atoms. The average Bonchev–Trinajstić information content (AvgIpc) is 3.14. The van der Waals surface area contributed by atoms with E-state index in [2.05, 4.69) is 182 Å². The van der Waals surface area contributed by atoms with Crippen LogP contribution in [0, 0.1) is 0 Å². The van der Waals surface area contributed by atoms with Crippen molar-refractivity contribution < 1.29 is 18.9 Å². The van der Waals surface area contributed by atoms with Crippen LogP contribution in [-0.4, -0.2) is 49.4 Å². The molecule has 0 saturated carbocycles. The van der Waals surface area contributed by atoms with Crippen molar-refractivity contribution in [2.75, 3.05) is 49.4 Å². The summed E-state index contributed by atoms with van der Waals surface area (Å²) in [5, 5.41) is 0. The number of rotatable bonds is 12. The maximum Gasteiger partial charge on any atom is 0.126 e. The van der Waals surface area contributed by atoms with Crippen LogP contribution in [0.2, 0.25) is 0 Å². The molecule has 0 atom stereocenters. The summed E-state index contributed by atoms with van der Waals surface area (Å²) in [5.41, 5.74) is 13.7. The lowest BCUT2D eigenvalue weighted by molar-refractivity contribution is 0.329. The highest BCUT2D eigenvalue weighted by Gasteiger charge is 2.29. The third-order valence-electron chi connectivity index (χ3n) is 11.3. The van der Waals surface area contributed by atoms with Crippen molar-refractivity contribution in [2.24, 2.45) is 0 Å². The highest BCUT2D eigenvalue weighted by atomic mass is 32.1. The predicted octanol–water partition coefficient (Wildman–Crippen LogP) is 12.8. The third-order valence-corrected chi connectivity index (χ3v) is 12.0. The van der Waals surface area contributed by atoms with Gasteiger partial charge < -0.3 is 18.9 Å². The Morgan fingerprint density at radius 3 is 0.583 bits per heavy atom. The average molecular weight is 889 g/mol. The highest BCUT2D eigenvalue weighted by Crippen LogP contribution is 2.44. The summed E-state index contributed by atoms with van der Waals surface area (Å²) >= 11 is 18.5.